The maximum Gasteiger partial charge on any atom is 0.265 e. The fourth-order valence-electron chi connectivity index (χ4n) is 1.08. The van der Waals surface area contributed by atoms with E-state index in [-0.39, 0.29) is 10.6 Å². The number of rotatable bonds is 3. The van der Waals surface area contributed by atoms with Gasteiger partial charge in [-0.2, -0.15) is 5.10 Å². The van der Waals surface area contributed by atoms with Crippen molar-refractivity contribution in [3.8, 4) is 0 Å². The highest BCUT2D eigenvalue weighted by atomic mass is 32.2. The standard InChI is InChI=1S/C7H8N4O3S/c1-5-7(3-8-10-5)15(12,13)11-6-2-9-14-4-6/h2-4,11H,1H3,(H,8,10). The average molecular weight is 228 g/mol. The van der Waals surface area contributed by atoms with Crippen molar-refractivity contribution in [3.63, 3.8) is 0 Å². The number of H-pyrrole nitrogens is 1. The second-order valence-electron chi connectivity index (χ2n) is 2.88. The lowest BCUT2D eigenvalue weighted by Gasteiger charge is -2.02. The zero-order valence-corrected chi connectivity index (χ0v) is 8.58. The van der Waals surface area contributed by atoms with Crippen LogP contribution >= 0.6 is 0 Å². The molecule has 15 heavy (non-hydrogen) atoms. The summed E-state index contributed by atoms with van der Waals surface area (Å²) in [7, 11) is -3.61. The number of aromatic amines is 1. The van der Waals surface area contributed by atoms with Gasteiger partial charge in [0.05, 0.1) is 18.1 Å². The van der Waals surface area contributed by atoms with Crippen molar-refractivity contribution in [2.24, 2.45) is 0 Å². The minimum atomic E-state index is -3.61. The van der Waals surface area contributed by atoms with E-state index in [1.54, 1.807) is 6.92 Å². The summed E-state index contributed by atoms with van der Waals surface area (Å²) in [5.41, 5.74) is 0.745. The normalized spacial score (nSPS) is 11.5. The molecule has 0 aromatic carbocycles. The number of hydrogen-bond donors (Lipinski definition) is 2. The molecule has 0 atom stereocenters. The van der Waals surface area contributed by atoms with Crippen molar-refractivity contribution in [2.45, 2.75) is 11.8 Å². The largest absolute Gasteiger partial charge is 0.362 e. The summed E-state index contributed by atoms with van der Waals surface area (Å²) >= 11 is 0. The molecule has 0 spiro atoms. The van der Waals surface area contributed by atoms with Crippen LogP contribution in [0.5, 0.6) is 0 Å². The van der Waals surface area contributed by atoms with Gasteiger partial charge in [-0.25, -0.2) is 8.42 Å². The maximum atomic E-state index is 11.7. The Kier molecular flexibility index (Phi) is 2.19. The van der Waals surface area contributed by atoms with E-state index in [0.717, 1.165) is 0 Å². The van der Waals surface area contributed by atoms with Gasteiger partial charge < -0.3 is 4.52 Å². The molecule has 0 fully saturated rings. The van der Waals surface area contributed by atoms with Gasteiger partial charge in [0.15, 0.2) is 0 Å². The topological polar surface area (TPSA) is 101 Å². The van der Waals surface area contributed by atoms with Gasteiger partial charge in [-0.1, -0.05) is 5.16 Å². The fraction of sp³-hybridized carbons (Fsp3) is 0.143. The zero-order valence-electron chi connectivity index (χ0n) is 7.76. The highest BCUT2D eigenvalue weighted by molar-refractivity contribution is 7.92. The molecular formula is C7H8N4O3S. The SMILES string of the molecule is Cc1[nH]ncc1S(=O)(=O)Nc1cnoc1. The molecule has 0 aliphatic heterocycles. The van der Waals surface area contributed by atoms with Crippen LogP contribution in [-0.2, 0) is 10.0 Å². The third-order valence-electron chi connectivity index (χ3n) is 1.76. The molecule has 0 unspecified atom stereocenters. The second kappa shape index (κ2) is 3.39. The van der Waals surface area contributed by atoms with Gasteiger partial charge in [0.1, 0.15) is 16.8 Å². The smallest absolute Gasteiger partial charge is 0.265 e. The Balaban J connectivity index is 2.33. The molecule has 0 amide bonds. The molecule has 2 rings (SSSR count). The van der Waals surface area contributed by atoms with Gasteiger partial charge >= 0.3 is 0 Å². The first-order valence-corrected chi connectivity index (χ1v) is 5.50. The van der Waals surface area contributed by atoms with Crippen LogP contribution in [0, 0.1) is 6.92 Å². The van der Waals surface area contributed by atoms with Crippen LogP contribution in [0.3, 0.4) is 0 Å². The molecule has 2 aromatic rings. The molecule has 0 radical (unpaired) electrons. The van der Waals surface area contributed by atoms with Crippen LogP contribution in [-0.4, -0.2) is 23.8 Å². The van der Waals surface area contributed by atoms with Crippen molar-refractivity contribution in [3.05, 3.63) is 24.4 Å². The number of nitrogens with zero attached hydrogens (tertiary/aromatic N) is 2. The van der Waals surface area contributed by atoms with Gasteiger partial charge in [-0.15, -0.1) is 0 Å². The molecule has 0 aliphatic carbocycles. The third kappa shape index (κ3) is 1.84. The zero-order chi connectivity index (χ0) is 10.9. The minimum absolute atomic E-state index is 0.101. The molecule has 0 saturated carbocycles. The molecular weight excluding hydrogens is 220 g/mol. The van der Waals surface area contributed by atoms with Gasteiger partial charge in [0, 0.05) is 0 Å². The summed E-state index contributed by atoms with van der Waals surface area (Å²) in [6.45, 7) is 1.62. The first-order chi connectivity index (χ1) is 7.09. The lowest BCUT2D eigenvalue weighted by Crippen LogP contribution is -2.12. The molecule has 2 N–H and O–H groups in total. The van der Waals surface area contributed by atoms with Gasteiger partial charge in [0.25, 0.3) is 10.0 Å². The quantitative estimate of drug-likeness (QED) is 0.796. The Morgan fingerprint density at radius 1 is 1.47 bits per heavy atom. The highest BCUT2D eigenvalue weighted by Crippen LogP contribution is 2.16. The third-order valence-corrected chi connectivity index (χ3v) is 3.25. The van der Waals surface area contributed by atoms with Crippen molar-refractivity contribution >= 4 is 15.7 Å². The molecule has 2 aromatic heterocycles. The van der Waals surface area contributed by atoms with Crippen molar-refractivity contribution < 1.29 is 12.9 Å². The van der Waals surface area contributed by atoms with Crippen LogP contribution in [0.2, 0.25) is 0 Å². The van der Waals surface area contributed by atoms with Crippen molar-refractivity contribution in [1.82, 2.24) is 15.4 Å². The monoisotopic (exact) mass is 228 g/mol. The Bertz CT molecular complexity index is 543. The summed E-state index contributed by atoms with van der Waals surface area (Å²) < 4.78 is 30.3. The van der Waals surface area contributed by atoms with E-state index < -0.39 is 10.0 Å². The average Bonchev–Trinajstić information content (AvgIpc) is 2.75. The van der Waals surface area contributed by atoms with E-state index in [9.17, 15) is 8.42 Å². The molecule has 8 heteroatoms. The van der Waals surface area contributed by atoms with Gasteiger partial charge in [-0.3, -0.25) is 9.82 Å². The molecule has 80 valence electrons. The Morgan fingerprint density at radius 3 is 2.80 bits per heavy atom. The van der Waals surface area contributed by atoms with Crippen LogP contribution in [0.15, 0.2) is 28.1 Å². The van der Waals surface area contributed by atoms with E-state index in [1.807, 2.05) is 0 Å². The Morgan fingerprint density at radius 2 is 2.27 bits per heavy atom. The van der Waals surface area contributed by atoms with Crippen LogP contribution in [0.25, 0.3) is 0 Å². The molecule has 2 heterocycles. The lowest BCUT2D eigenvalue weighted by atomic mass is 10.5. The predicted molar refractivity (Wildman–Crippen MR) is 50.6 cm³/mol. The predicted octanol–water partition coefficient (Wildman–Crippen LogP) is 0.507. The Hall–Kier alpha value is -1.83. The summed E-state index contributed by atoms with van der Waals surface area (Å²) in [4.78, 5) is 0.101. The summed E-state index contributed by atoms with van der Waals surface area (Å²) in [6, 6.07) is 0. The maximum absolute atomic E-state index is 11.7. The molecule has 7 nitrogen and oxygen atoms in total. The molecule has 0 saturated heterocycles. The number of anilines is 1. The number of nitrogens with one attached hydrogen (secondary N) is 2. The second-order valence-corrected chi connectivity index (χ2v) is 4.53. The van der Waals surface area contributed by atoms with Gasteiger partial charge in [0.2, 0.25) is 0 Å². The molecule has 0 aliphatic rings. The minimum Gasteiger partial charge on any atom is -0.362 e. The molecule has 0 bridgehead atoms. The highest BCUT2D eigenvalue weighted by Gasteiger charge is 2.19. The number of sulfonamides is 1. The summed E-state index contributed by atoms with van der Waals surface area (Å²) in [6.07, 6.45) is 3.71. The van der Waals surface area contributed by atoms with E-state index in [4.69, 9.17) is 0 Å². The lowest BCUT2D eigenvalue weighted by molar-refractivity contribution is 0.420. The van der Waals surface area contributed by atoms with Crippen molar-refractivity contribution in [1.29, 1.82) is 0 Å². The Labute approximate surface area is 85.5 Å². The van der Waals surface area contributed by atoms with Gasteiger partial charge in [-0.05, 0) is 6.92 Å². The first-order valence-electron chi connectivity index (χ1n) is 4.02. The van der Waals surface area contributed by atoms with E-state index in [2.05, 4.69) is 24.6 Å². The number of hydrogen-bond acceptors (Lipinski definition) is 5. The fourth-order valence-corrected chi connectivity index (χ4v) is 2.24. The summed E-state index contributed by atoms with van der Waals surface area (Å²) in [5.74, 6) is 0. The van der Waals surface area contributed by atoms with E-state index in [0.29, 0.717) is 5.69 Å². The first kappa shape index (κ1) is 9.71. The van der Waals surface area contributed by atoms with E-state index in [1.165, 1.54) is 18.7 Å². The number of aromatic nitrogens is 3. The van der Waals surface area contributed by atoms with Crippen LogP contribution in [0.4, 0.5) is 5.69 Å². The van der Waals surface area contributed by atoms with E-state index >= 15 is 0 Å². The number of aryl methyl sites for hydroxylation is 1. The van der Waals surface area contributed by atoms with Crippen molar-refractivity contribution in [2.75, 3.05) is 4.72 Å². The van der Waals surface area contributed by atoms with Crippen LogP contribution in [0.1, 0.15) is 5.69 Å². The summed E-state index contributed by atoms with van der Waals surface area (Å²) in [5, 5.41) is 9.56. The van der Waals surface area contributed by atoms with Crippen LogP contribution < -0.4 is 4.72 Å².